The van der Waals surface area contributed by atoms with Gasteiger partial charge in [-0.05, 0) is 24.6 Å². The summed E-state index contributed by atoms with van der Waals surface area (Å²) in [4.78, 5) is 28.5. The zero-order valence-electron chi connectivity index (χ0n) is 13.1. The number of rotatable bonds is 4. The van der Waals surface area contributed by atoms with Gasteiger partial charge >= 0.3 is 0 Å². The van der Waals surface area contributed by atoms with E-state index in [4.69, 9.17) is 5.26 Å². The quantitative estimate of drug-likeness (QED) is 0.854. The first-order valence-electron chi connectivity index (χ1n) is 7.64. The van der Waals surface area contributed by atoms with Crippen LogP contribution in [-0.2, 0) is 4.79 Å². The lowest BCUT2D eigenvalue weighted by molar-refractivity contribution is -0.138. The molecule has 1 atom stereocenters. The van der Waals surface area contributed by atoms with Crippen molar-refractivity contribution < 1.29 is 9.59 Å². The fourth-order valence-corrected chi connectivity index (χ4v) is 2.72. The van der Waals surface area contributed by atoms with E-state index in [1.807, 2.05) is 6.07 Å². The van der Waals surface area contributed by atoms with Gasteiger partial charge in [-0.3, -0.25) is 9.59 Å². The van der Waals surface area contributed by atoms with Crippen LogP contribution >= 0.6 is 0 Å². The minimum Gasteiger partial charge on any atom is -0.342 e. The van der Waals surface area contributed by atoms with E-state index in [0.717, 1.165) is 12.8 Å². The van der Waals surface area contributed by atoms with Gasteiger partial charge in [0, 0.05) is 25.7 Å². The van der Waals surface area contributed by atoms with Gasteiger partial charge in [-0.15, -0.1) is 0 Å². The van der Waals surface area contributed by atoms with Gasteiger partial charge in [0.1, 0.15) is 6.04 Å². The minimum atomic E-state index is -0.392. The number of hydrogen-bond donors (Lipinski definition) is 0. The third-order valence-corrected chi connectivity index (χ3v) is 4.04. The van der Waals surface area contributed by atoms with Gasteiger partial charge in [-0.25, -0.2) is 0 Å². The SMILES string of the molecule is CCCC[C@@H]1C(=O)N(C)CCN1C(=O)c1cccc(C#N)c1. The normalized spacial score (nSPS) is 18.2. The van der Waals surface area contributed by atoms with Crippen LogP contribution in [0.25, 0.3) is 0 Å². The highest BCUT2D eigenvalue weighted by atomic mass is 16.2. The zero-order chi connectivity index (χ0) is 16.1. The van der Waals surface area contributed by atoms with Crippen LogP contribution in [-0.4, -0.2) is 47.8 Å². The zero-order valence-corrected chi connectivity index (χ0v) is 13.1. The maximum Gasteiger partial charge on any atom is 0.254 e. The first-order chi connectivity index (χ1) is 10.6. The highest BCUT2D eigenvalue weighted by Gasteiger charge is 2.35. The Morgan fingerprint density at radius 3 is 2.86 bits per heavy atom. The molecule has 5 heteroatoms. The van der Waals surface area contributed by atoms with Crippen LogP contribution in [0.5, 0.6) is 0 Å². The molecule has 0 aromatic heterocycles. The molecule has 0 radical (unpaired) electrons. The molecule has 1 aliphatic heterocycles. The smallest absolute Gasteiger partial charge is 0.254 e. The Kier molecular flexibility index (Phi) is 5.16. The summed E-state index contributed by atoms with van der Waals surface area (Å²) in [6.07, 6.45) is 2.58. The molecule has 1 aliphatic rings. The molecule has 1 heterocycles. The third kappa shape index (κ3) is 3.28. The molecule has 1 aromatic carbocycles. The van der Waals surface area contributed by atoms with Crippen LogP contribution in [0.1, 0.15) is 42.1 Å². The van der Waals surface area contributed by atoms with Crippen LogP contribution in [0.15, 0.2) is 24.3 Å². The summed E-state index contributed by atoms with van der Waals surface area (Å²) in [5.41, 5.74) is 0.925. The molecule has 2 rings (SSSR count). The van der Waals surface area contributed by atoms with Gasteiger partial charge in [-0.2, -0.15) is 5.26 Å². The van der Waals surface area contributed by atoms with Crippen molar-refractivity contribution in [1.29, 1.82) is 5.26 Å². The second-order valence-corrected chi connectivity index (χ2v) is 5.61. The van der Waals surface area contributed by atoms with Gasteiger partial charge in [-0.1, -0.05) is 25.8 Å². The molecule has 1 aromatic rings. The van der Waals surface area contributed by atoms with E-state index in [1.165, 1.54) is 0 Å². The lowest BCUT2D eigenvalue weighted by Crippen LogP contribution is -2.57. The Bertz CT molecular complexity index is 606. The van der Waals surface area contributed by atoms with Crippen molar-refractivity contribution >= 4 is 11.8 Å². The molecule has 0 bridgehead atoms. The van der Waals surface area contributed by atoms with Crippen LogP contribution in [0.3, 0.4) is 0 Å². The maximum atomic E-state index is 12.7. The molecule has 116 valence electrons. The Balaban J connectivity index is 2.25. The molecule has 22 heavy (non-hydrogen) atoms. The monoisotopic (exact) mass is 299 g/mol. The maximum absolute atomic E-state index is 12.7. The van der Waals surface area contributed by atoms with E-state index in [2.05, 4.69) is 6.92 Å². The fourth-order valence-electron chi connectivity index (χ4n) is 2.72. The van der Waals surface area contributed by atoms with Crippen molar-refractivity contribution in [3.05, 3.63) is 35.4 Å². The predicted octanol–water partition coefficient (Wildman–Crippen LogP) is 2.03. The van der Waals surface area contributed by atoms with Crippen molar-refractivity contribution in [2.75, 3.05) is 20.1 Å². The number of carbonyl (C=O) groups excluding carboxylic acids is 2. The number of piperazine rings is 1. The molecule has 1 saturated heterocycles. The third-order valence-electron chi connectivity index (χ3n) is 4.04. The van der Waals surface area contributed by atoms with Gasteiger partial charge < -0.3 is 9.80 Å². The Morgan fingerprint density at radius 1 is 1.41 bits per heavy atom. The van der Waals surface area contributed by atoms with Crippen molar-refractivity contribution in [3.8, 4) is 6.07 Å². The highest BCUT2D eigenvalue weighted by molar-refractivity contribution is 5.98. The number of nitrogens with zero attached hydrogens (tertiary/aromatic N) is 3. The van der Waals surface area contributed by atoms with E-state index >= 15 is 0 Å². The van der Waals surface area contributed by atoms with Crippen LogP contribution in [0.2, 0.25) is 0 Å². The molecule has 1 fully saturated rings. The predicted molar refractivity (Wildman–Crippen MR) is 83.1 cm³/mol. The molecule has 0 spiro atoms. The first kappa shape index (κ1) is 16.0. The van der Waals surface area contributed by atoms with Gasteiger partial charge in [0.15, 0.2) is 0 Å². The summed E-state index contributed by atoms with van der Waals surface area (Å²) < 4.78 is 0. The summed E-state index contributed by atoms with van der Waals surface area (Å²) in [5.74, 6) is -0.163. The second-order valence-electron chi connectivity index (χ2n) is 5.61. The number of carbonyl (C=O) groups is 2. The minimum absolute atomic E-state index is 0.00416. The first-order valence-corrected chi connectivity index (χ1v) is 7.64. The van der Waals surface area contributed by atoms with Crippen molar-refractivity contribution in [2.45, 2.75) is 32.2 Å². The fraction of sp³-hybridized carbons (Fsp3) is 0.471. The summed E-state index contributed by atoms with van der Waals surface area (Å²) in [5, 5.41) is 8.96. The highest BCUT2D eigenvalue weighted by Crippen LogP contribution is 2.19. The average Bonchev–Trinajstić information content (AvgIpc) is 2.55. The molecule has 2 amide bonds. The molecule has 0 unspecified atom stereocenters. The standard InChI is InChI=1S/C17H21N3O2/c1-3-4-8-15-17(22)19(2)9-10-20(15)16(21)14-7-5-6-13(11-14)12-18/h5-7,11,15H,3-4,8-10H2,1-2H3/t15-/m1/s1. The summed E-state index contributed by atoms with van der Waals surface area (Å²) >= 11 is 0. The molecular weight excluding hydrogens is 278 g/mol. The van der Waals surface area contributed by atoms with Gasteiger partial charge in [0.2, 0.25) is 5.91 Å². The molecule has 0 aliphatic carbocycles. The molecule has 0 saturated carbocycles. The van der Waals surface area contributed by atoms with E-state index in [0.29, 0.717) is 30.6 Å². The van der Waals surface area contributed by atoms with Crippen LogP contribution in [0.4, 0.5) is 0 Å². The second kappa shape index (κ2) is 7.08. The van der Waals surface area contributed by atoms with Gasteiger partial charge in [0.05, 0.1) is 11.6 Å². The topological polar surface area (TPSA) is 64.4 Å². The lowest BCUT2D eigenvalue weighted by atomic mass is 10.0. The average molecular weight is 299 g/mol. The van der Waals surface area contributed by atoms with E-state index in [-0.39, 0.29) is 11.8 Å². The number of amides is 2. The summed E-state index contributed by atoms with van der Waals surface area (Å²) in [6, 6.07) is 8.30. The molecule has 0 N–H and O–H groups in total. The lowest BCUT2D eigenvalue weighted by Gasteiger charge is -2.39. The largest absolute Gasteiger partial charge is 0.342 e. The number of benzene rings is 1. The van der Waals surface area contributed by atoms with E-state index < -0.39 is 6.04 Å². The summed E-state index contributed by atoms with van der Waals surface area (Å²) in [6.45, 7) is 3.15. The van der Waals surface area contributed by atoms with Crippen LogP contribution < -0.4 is 0 Å². The van der Waals surface area contributed by atoms with Crippen molar-refractivity contribution in [1.82, 2.24) is 9.80 Å². The molecular formula is C17H21N3O2. The van der Waals surface area contributed by atoms with Crippen molar-refractivity contribution in [3.63, 3.8) is 0 Å². The Morgan fingerprint density at radius 2 is 2.18 bits per heavy atom. The Hall–Kier alpha value is -2.35. The van der Waals surface area contributed by atoms with E-state index in [1.54, 1.807) is 41.1 Å². The number of unbranched alkanes of at least 4 members (excludes halogenated alkanes) is 1. The van der Waals surface area contributed by atoms with E-state index in [9.17, 15) is 9.59 Å². The number of nitriles is 1. The Labute approximate surface area is 131 Å². The van der Waals surface area contributed by atoms with Crippen molar-refractivity contribution in [2.24, 2.45) is 0 Å². The van der Waals surface area contributed by atoms with Crippen LogP contribution in [0, 0.1) is 11.3 Å². The summed E-state index contributed by atoms with van der Waals surface area (Å²) in [7, 11) is 1.78. The van der Waals surface area contributed by atoms with Gasteiger partial charge in [0.25, 0.3) is 5.91 Å². The molecule has 5 nitrogen and oxygen atoms in total. The number of likely N-dealkylation sites (N-methyl/N-ethyl adjacent to an activating group) is 1. The number of hydrogen-bond acceptors (Lipinski definition) is 3.